The standard InChI is InChI=1S/C13H13ClFNO/c1-2-16-13(10-5-6-17-8-10)9-3-4-11(14)12(15)7-9/h3-8,13,16H,2H2,1H3. The highest BCUT2D eigenvalue weighted by molar-refractivity contribution is 6.30. The minimum Gasteiger partial charge on any atom is -0.472 e. The van der Waals surface area contributed by atoms with Crippen molar-refractivity contribution in [1.29, 1.82) is 0 Å². The quantitative estimate of drug-likeness (QED) is 0.897. The van der Waals surface area contributed by atoms with E-state index in [1.165, 1.54) is 6.07 Å². The fourth-order valence-electron chi connectivity index (χ4n) is 1.76. The van der Waals surface area contributed by atoms with Crippen LogP contribution in [0.4, 0.5) is 4.39 Å². The molecule has 1 atom stereocenters. The van der Waals surface area contributed by atoms with E-state index in [1.807, 2.05) is 19.1 Å². The molecule has 1 aromatic carbocycles. The van der Waals surface area contributed by atoms with Gasteiger partial charge in [0, 0.05) is 5.56 Å². The van der Waals surface area contributed by atoms with Gasteiger partial charge in [0.2, 0.25) is 0 Å². The van der Waals surface area contributed by atoms with E-state index in [1.54, 1.807) is 18.6 Å². The molecule has 0 radical (unpaired) electrons. The second-order valence-electron chi connectivity index (χ2n) is 3.72. The Labute approximate surface area is 104 Å². The van der Waals surface area contributed by atoms with Crippen molar-refractivity contribution in [3.8, 4) is 0 Å². The van der Waals surface area contributed by atoms with Crippen LogP contribution >= 0.6 is 11.6 Å². The van der Waals surface area contributed by atoms with Gasteiger partial charge in [-0.1, -0.05) is 24.6 Å². The average Bonchev–Trinajstić information content (AvgIpc) is 2.83. The van der Waals surface area contributed by atoms with Crippen LogP contribution in [-0.4, -0.2) is 6.54 Å². The Balaban J connectivity index is 2.35. The third-order valence-electron chi connectivity index (χ3n) is 2.56. The Kier molecular flexibility index (Phi) is 3.82. The topological polar surface area (TPSA) is 25.2 Å². The fraction of sp³-hybridized carbons (Fsp3) is 0.231. The summed E-state index contributed by atoms with van der Waals surface area (Å²) < 4.78 is 18.5. The molecule has 0 saturated carbocycles. The summed E-state index contributed by atoms with van der Waals surface area (Å²) in [6.45, 7) is 2.78. The van der Waals surface area contributed by atoms with E-state index in [-0.39, 0.29) is 11.1 Å². The van der Waals surface area contributed by atoms with E-state index in [0.29, 0.717) is 0 Å². The molecule has 0 aliphatic rings. The van der Waals surface area contributed by atoms with E-state index < -0.39 is 5.82 Å². The maximum absolute atomic E-state index is 13.4. The zero-order chi connectivity index (χ0) is 12.3. The third-order valence-corrected chi connectivity index (χ3v) is 2.87. The van der Waals surface area contributed by atoms with Crippen LogP contribution in [0.1, 0.15) is 24.1 Å². The first-order chi connectivity index (χ1) is 8.22. The molecular weight excluding hydrogens is 241 g/mol. The fourth-order valence-corrected chi connectivity index (χ4v) is 1.88. The molecule has 17 heavy (non-hydrogen) atoms. The zero-order valence-electron chi connectivity index (χ0n) is 9.41. The Morgan fingerprint density at radius 1 is 1.35 bits per heavy atom. The molecule has 2 nitrogen and oxygen atoms in total. The van der Waals surface area contributed by atoms with Gasteiger partial charge in [0.1, 0.15) is 5.82 Å². The Bertz CT molecular complexity index is 484. The third kappa shape index (κ3) is 2.68. The molecule has 2 rings (SSSR count). The van der Waals surface area contributed by atoms with Gasteiger partial charge in [-0.25, -0.2) is 4.39 Å². The molecule has 1 heterocycles. The summed E-state index contributed by atoms with van der Waals surface area (Å²) >= 11 is 5.67. The van der Waals surface area contributed by atoms with E-state index in [4.69, 9.17) is 16.0 Å². The molecule has 0 aliphatic carbocycles. The lowest BCUT2D eigenvalue weighted by Crippen LogP contribution is -2.21. The van der Waals surface area contributed by atoms with Gasteiger partial charge in [0.15, 0.2) is 0 Å². The summed E-state index contributed by atoms with van der Waals surface area (Å²) in [5.41, 5.74) is 1.80. The van der Waals surface area contributed by atoms with Crippen LogP contribution in [0.2, 0.25) is 5.02 Å². The molecule has 0 fully saturated rings. The van der Waals surface area contributed by atoms with E-state index >= 15 is 0 Å². The largest absolute Gasteiger partial charge is 0.472 e. The second kappa shape index (κ2) is 5.34. The molecule has 1 unspecified atom stereocenters. The monoisotopic (exact) mass is 253 g/mol. The predicted octanol–water partition coefficient (Wildman–Crippen LogP) is 3.77. The maximum atomic E-state index is 13.4. The van der Waals surface area contributed by atoms with Gasteiger partial charge in [0.05, 0.1) is 23.6 Å². The minimum absolute atomic E-state index is 0.0782. The van der Waals surface area contributed by atoms with Crippen molar-refractivity contribution in [3.05, 3.63) is 58.8 Å². The summed E-state index contributed by atoms with van der Waals surface area (Å²) in [6.07, 6.45) is 3.26. The molecule has 1 aromatic heterocycles. The van der Waals surface area contributed by atoms with Crippen LogP contribution in [-0.2, 0) is 0 Å². The van der Waals surface area contributed by atoms with E-state index in [2.05, 4.69) is 5.32 Å². The van der Waals surface area contributed by atoms with Crippen LogP contribution in [0, 0.1) is 5.82 Å². The molecular formula is C13H13ClFNO. The molecule has 0 amide bonds. The van der Waals surface area contributed by atoms with Gasteiger partial charge in [-0.05, 0) is 30.3 Å². The van der Waals surface area contributed by atoms with Crippen LogP contribution in [0.15, 0.2) is 41.2 Å². The van der Waals surface area contributed by atoms with Gasteiger partial charge in [0.25, 0.3) is 0 Å². The molecule has 90 valence electrons. The normalized spacial score (nSPS) is 12.6. The highest BCUT2D eigenvalue weighted by Gasteiger charge is 2.15. The first-order valence-electron chi connectivity index (χ1n) is 5.42. The van der Waals surface area contributed by atoms with Crippen molar-refractivity contribution in [2.24, 2.45) is 0 Å². The molecule has 1 N–H and O–H groups in total. The zero-order valence-corrected chi connectivity index (χ0v) is 10.2. The summed E-state index contributed by atoms with van der Waals surface area (Å²) in [7, 11) is 0. The number of halogens is 2. The summed E-state index contributed by atoms with van der Waals surface area (Å²) in [5, 5.41) is 3.41. The minimum atomic E-state index is -0.407. The Morgan fingerprint density at radius 2 is 2.18 bits per heavy atom. The van der Waals surface area contributed by atoms with E-state index in [0.717, 1.165) is 17.7 Å². The average molecular weight is 254 g/mol. The number of furan rings is 1. The van der Waals surface area contributed by atoms with Crippen molar-refractivity contribution in [2.75, 3.05) is 6.54 Å². The van der Waals surface area contributed by atoms with E-state index in [9.17, 15) is 4.39 Å². The summed E-state index contributed by atoms with van der Waals surface area (Å²) in [6, 6.07) is 6.61. The highest BCUT2D eigenvalue weighted by Crippen LogP contribution is 2.25. The molecule has 0 spiro atoms. The van der Waals surface area contributed by atoms with Crippen molar-refractivity contribution in [1.82, 2.24) is 5.32 Å². The molecule has 2 aromatic rings. The maximum Gasteiger partial charge on any atom is 0.142 e. The van der Waals surface area contributed by atoms with Crippen molar-refractivity contribution >= 4 is 11.6 Å². The second-order valence-corrected chi connectivity index (χ2v) is 4.13. The van der Waals surface area contributed by atoms with Crippen LogP contribution in [0.5, 0.6) is 0 Å². The van der Waals surface area contributed by atoms with Gasteiger partial charge >= 0.3 is 0 Å². The smallest absolute Gasteiger partial charge is 0.142 e. The molecule has 0 bridgehead atoms. The van der Waals surface area contributed by atoms with Crippen molar-refractivity contribution < 1.29 is 8.81 Å². The van der Waals surface area contributed by atoms with Crippen LogP contribution < -0.4 is 5.32 Å². The van der Waals surface area contributed by atoms with Crippen molar-refractivity contribution in [2.45, 2.75) is 13.0 Å². The van der Waals surface area contributed by atoms with Gasteiger partial charge in [-0.3, -0.25) is 0 Å². The Morgan fingerprint density at radius 3 is 2.76 bits per heavy atom. The lowest BCUT2D eigenvalue weighted by molar-refractivity contribution is 0.551. The van der Waals surface area contributed by atoms with Gasteiger partial charge in [-0.2, -0.15) is 0 Å². The molecule has 4 heteroatoms. The first kappa shape index (κ1) is 12.1. The van der Waals surface area contributed by atoms with Crippen molar-refractivity contribution in [3.63, 3.8) is 0 Å². The summed E-state index contributed by atoms with van der Waals surface area (Å²) in [4.78, 5) is 0. The highest BCUT2D eigenvalue weighted by atomic mass is 35.5. The Hall–Kier alpha value is -1.32. The number of benzene rings is 1. The SMILES string of the molecule is CCNC(c1ccoc1)c1ccc(Cl)c(F)c1. The predicted molar refractivity (Wildman–Crippen MR) is 65.6 cm³/mol. The first-order valence-corrected chi connectivity index (χ1v) is 5.80. The summed E-state index contributed by atoms with van der Waals surface area (Å²) in [5.74, 6) is -0.407. The van der Waals surface area contributed by atoms with Crippen LogP contribution in [0.3, 0.4) is 0 Å². The molecule has 0 saturated heterocycles. The van der Waals surface area contributed by atoms with Gasteiger partial charge < -0.3 is 9.73 Å². The van der Waals surface area contributed by atoms with Gasteiger partial charge in [-0.15, -0.1) is 0 Å². The lowest BCUT2D eigenvalue weighted by Gasteiger charge is -2.17. The molecule has 0 aliphatic heterocycles. The number of hydrogen-bond donors (Lipinski definition) is 1. The lowest BCUT2D eigenvalue weighted by atomic mass is 10.0. The number of hydrogen-bond acceptors (Lipinski definition) is 2. The number of rotatable bonds is 4. The number of nitrogens with one attached hydrogen (secondary N) is 1. The van der Waals surface area contributed by atoms with Crippen LogP contribution in [0.25, 0.3) is 0 Å².